The second kappa shape index (κ2) is 7.63. The minimum Gasteiger partial charge on any atom is -0.492 e. The Morgan fingerprint density at radius 3 is 2.83 bits per heavy atom. The molecule has 0 aliphatic carbocycles. The number of carbonyl (C=O) groups excluding carboxylic acids is 2. The number of benzene rings is 2. The average molecular weight is 416 g/mol. The van der Waals surface area contributed by atoms with Crippen LogP contribution in [-0.4, -0.2) is 34.6 Å². The fourth-order valence-corrected chi connectivity index (χ4v) is 3.39. The fraction of sp³-hybridized carbons (Fsp3) is 0.250. The third-order valence-electron chi connectivity index (χ3n) is 4.71. The van der Waals surface area contributed by atoms with Crippen molar-refractivity contribution in [2.45, 2.75) is 19.4 Å². The number of imidazole rings is 1. The van der Waals surface area contributed by atoms with E-state index in [4.69, 9.17) is 21.1 Å². The largest absolute Gasteiger partial charge is 0.492 e. The first-order valence-corrected chi connectivity index (χ1v) is 9.41. The third kappa shape index (κ3) is 4.12. The van der Waals surface area contributed by atoms with Crippen LogP contribution in [0, 0.1) is 5.92 Å². The van der Waals surface area contributed by atoms with E-state index in [-0.39, 0.29) is 12.3 Å². The molecule has 0 unspecified atom stereocenters. The summed E-state index contributed by atoms with van der Waals surface area (Å²) in [4.78, 5) is 41.4. The lowest BCUT2D eigenvalue weighted by Gasteiger charge is -2.25. The molecule has 0 fully saturated rings. The van der Waals surface area contributed by atoms with E-state index in [0.717, 1.165) is 5.56 Å². The molecule has 0 bridgehead atoms. The molecule has 150 valence electrons. The number of ether oxygens (including phenoxy) is 2. The molecule has 2 aromatic carbocycles. The molecular weight excluding hydrogens is 398 g/mol. The normalized spacial score (nSPS) is 16.6. The van der Waals surface area contributed by atoms with Crippen molar-refractivity contribution >= 4 is 40.2 Å². The summed E-state index contributed by atoms with van der Waals surface area (Å²) in [6.07, 6.45) is -0.565. The molecule has 29 heavy (non-hydrogen) atoms. The lowest BCUT2D eigenvalue weighted by atomic mass is 9.97. The molecule has 9 heteroatoms. The summed E-state index contributed by atoms with van der Waals surface area (Å²) < 4.78 is 10.9. The van der Waals surface area contributed by atoms with Gasteiger partial charge >= 0.3 is 11.7 Å². The zero-order valence-corrected chi connectivity index (χ0v) is 16.2. The Hall–Kier alpha value is -3.26. The lowest BCUT2D eigenvalue weighted by Crippen LogP contribution is -2.36. The molecule has 1 amide bonds. The van der Waals surface area contributed by atoms with E-state index in [0.29, 0.717) is 33.9 Å². The Morgan fingerprint density at radius 2 is 2.00 bits per heavy atom. The summed E-state index contributed by atoms with van der Waals surface area (Å²) in [6.45, 7) is 1.68. The number of rotatable bonds is 4. The molecule has 2 atom stereocenters. The number of nitrogens with one attached hydrogen (secondary N) is 3. The van der Waals surface area contributed by atoms with E-state index in [9.17, 15) is 14.4 Å². The second-order valence-corrected chi connectivity index (χ2v) is 7.31. The van der Waals surface area contributed by atoms with E-state index in [2.05, 4.69) is 15.3 Å². The van der Waals surface area contributed by atoms with Crippen LogP contribution in [0.5, 0.6) is 5.75 Å². The third-order valence-corrected chi connectivity index (χ3v) is 4.94. The molecule has 4 rings (SSSR count). The van der Waals surface area contributed by atoms with Crippen molar-refractivity contribution in [3.8, 4) is 5.75 Å². The number of halogens is 1. The number of amides is 1. The molecule has 1 aliphatic heterocycles. The number of aromatic amines is 2. The topological polar surface area (TPSA) is 113 Å². The van der Waals surface area contributed by atoms with E-state index >= 15 is 0 Å². The van der Waals surface area contributed by atoms with Gasteiger partial charge in [0.1, 0.15) is 12.4 Å². The molecule has 3 N–H and O–H groups in total. The van der Waals surface area contributed by atoms with Crippen molar-refractivity contribution < 1.29 is 19.1 Å². The number of carbonyl (C=O) groups is 2. The molecule has 3 aromatic rings. The summed E-state index contributed by atoms with van der Waals surface area (Å²) >= 11 is 6.00. The highest BCUT2D eigenvalue weighted by Crippen LogP contribution is 2.30. The number of anilines is 1. The number of esters is 1. The monoisotopic (exact) mass is 415 g/mol. The Bertz CT molecular complexity index is 1150. The Balaban J connectivity index is 1.37. The van der Waals surface area contributed by atoms with Crippen LogP contribution in [0.1, 0.15) is 12.5 Å². The van der Waals surface area contributed by atoms with Gasteiger partial charge in [-0.1, -0.05) is 11.6 Å². The first kappa shape index (κ1) is 19.1. The summed E-state index contributed by atoms with van der Waals surface area (Å²) in [5, 5.41) is 3.24. The zero-order valence-electron chi connectivity index (χ0n) is 15.5. The number of H-pyrrole nitrogens is 2. The van der Waals surface area contributed by atoms with E-state index in [1.54, 1.807) is 36.4 Å². The Labute approximate surface area is 170 Å². The highest BCUT2D eigenvalue weighted by Gasteiger charge is 2.30. The van der Waals surface area contributed by atoms with Gasteiger partial charge < -0.3 is 24.8 Å². The highest BCUT2D eigenvalue weighted by atomic mass is 35.5. The Morgan fingerprint density at radius 1 is 1.21 bits per heavy atom. The zero-order chi connectivity index (χ0) is 20.5. The SMILES string of the molecule is C[C@@H](OC(=O)[C@H]1COc2ccc(Cl)cc2C1)C(=O)Nc1ccc2[nH]c(=O)[nH]c2c1. The molecule has 0 spiro atoms. The maximum absolute atomic E-state index is 12.5. The van der Waals surface area contributed by atoms with Crippen molar-refractivity contribution in [3.63, 3.8) is 0 Å². The van der Waals surface area contributed by atoms with Crippen molar-refractivity contribution in [2.24, 2.45) is 5.92 Å². The van der Waals surface area contributed by atoms with Crippen LogP contribution in [0.3, 0.4) is 0 Å². The van der Waals surface area contributed by atoms with Crippen LogP contribution >= 0.6 is 11.6 Å². The van der Waals surface area contributed by atoms with Crippen molar-refractivity contribution in [1.82, 2.24) is 9.97 Å². The molecule has 0 saturated heterocycles. The maximum atomic E-state index is 12.5. The molecule has 0 radical (unpaired) electrons. The van der Waals surface area contributed by atoms with Gasteiger partial charge in [0.25, 0.3) is 5.91 Å². The lowest BCUT2D eigenvalue weighted by molar-refractivity contribution is -0.158. The first-order chi connectivity index (χ1) is 13.9. The van der Waals surface area contributed by atoms with Crippen molar-refractivity contribution in [3.05, 3.63) is 57.5 Å². The first-order valence-electron chi connectivity index (χ1n) is 9.03. The summed E-state index contributed by atoms with van der Waals surface area (Å²) in [6, 6.07) is 10.2. The minimum atomic E-state index is -0.996. The van der Waals surface area contributed by atoms with Crippen molar-refractivity contribution in [1.29, 1.82) is 0 Å². The molecule has 1 aromatic heterocycles. The van der Waals surface area contributed by atoms with Crippen LogP contribution < -0.4 is 15.7 Å². The number of aromatic nitrogens is 2. The van der Waals surface area contributed by atoms with Gasteiger partial charge in [0.15, 0.2) is 6.10 Å². The van der Waals surface area contributed by atoms with E-state index in [1.165, 1.54) is 6.92 Å². The predicted octanol–water partition coefficient (Wildman–Crippen LogP) is 2.63. The smallest absolute Gasteiger partial charge is 0.323 e. The average Bonchev–Trinajstić information content (AvgIpc) is 3.06. The van der Waals surface area contributed by atoms with E-state index < -0.39 is 23.9 Å². The summed E-state index contributed by atoms with van der Waals surface area (Å²) in [7, 11) is 0. The van der Waals surface area contributed by atoms with Gasteiger partial charge in [0.05, 0.1) is 17.0 Å². The summed E-state index contributed by atoms with van der Waals surface area (Å²) in [5.41, 5.74) is 2.17. The standard InChI is InChI=1S/C20H18ClN3O5/c1-10(18(25)22-14-3-4-15-16(8-14)24-20(27)23-15)29-19(26)12-6-11-7-13(21)2-5-17(11)28-9-12/h2-5,7-8,10,12H,6,9H2,1H3,(H,22,25)(H2,23,24,27)/t10-,12-/m1/s1. The summed E-state index contributed by atoms with van der Waals surface area (Å²) in [5.74, 6) is -0.806. The molecular formula is C20H18ClN3O5. The van der Waals surface area contributed by atoms with Gasteiger partial charge in [-0.15, -0.1) is 0 Å². The van der Waals surface area contributed by atoms with Crippen LogP contribution in [0.2, 0.25) is 5.02 Å². The quantitative estimate of drug-likeness (QED) is 0.567. The van der Waals surface area contributed by atoms with E-state index in [1.807, 2.05) is 0 Å². The highest BCUT2D eigenvalue weighted by molar-refractivity contribution is 6.30. The van der Waals surface area contributed by atoms with Crippen LogP contribution in [0.25, 0.3) is 11.0 Å². The number of hydrogen-bond acceptors (Lipinski definition) is 5. The van der Waals surface area contributed by atoms with Gasteiger partial charge in [-0.2, -0.15) is 0 Å². The van der Waals surface area contributed by atoms with Crippen molar-refractivity contribution in [2.75, 3.05) is 11.9 Å². The van der Waals surface area contributed by atoms with Gasteiger partial charge in [0.2, 0.25) is 0 Å². The maximum Gasteiger partial charge on any atom is 0.323 e. The van der Waals surface area contributed by atoms with Crippen LogP contribution in [-0.2, 0) is 20.7 Å². The van der Waals surface area contributed by atoms with Gasteiger partial charge in [-0.25, -0.2) is 4.79 Å². The predicted molar refractivity (Wildman–Crippen MR) is 107 cm³/mol. The second-order valence-electron chi connectivity index (χ2n) is 6.87. The van der Waals surface area contributed by atoms with Crippen LogP contribution in [0.15, 0.2) is 41.2 Å². The number of hydrogen-bond donors (Lipinski definition) is 3. The fourth-order valence-electron chi connectivity index (χ4n) is 3.19. The Kier molecular flexibility index (Phi) is 5.02. The molecule has 0 saturated carbocycles. The van der Waals surface area contributed by atoms with Crippen LogP contribution in [0.4, 0.5) is 5.69 Å². The van der Waals surface area contributed by atoms with Gasteiger partial charge in [-0.3, -0.25) is 9.59 Å². The molecule has 2 heterocycles. The van der Waals surface area contributed by atoms with Gasteiger partial charge in [-0.05, 0) is 55.3 Å². The molecule has 8 nitrogen and oxygen atoms in total. The minimum absolute atomic E-state index is 0.180. The number of fused-ring (bicyclic) bond motifs is 2. The van der Waals surface area contributed by atoms with Gasteiger partial charge in [0, 0.05) is 10.7 Å². The molecule has 1 aliphatic rings.